The van der Waals surface area contributed by atoms with Gasteiger partial charge in [-0.3, -0.25) is 4.98 Å². The molecule has 0 amide bonds. The summed E-state index contributed by atoms with van der Waals surface area (Å²) in [5, 5.41) is 1.03. The Morgan fingerprint density at radius 2 is 2.12 bits per heavy atom. The van der Waals surface area contributed by atoms with Crippen molar-refractivity contribution in [2.75, 3.05) is 0 Å². The van der Waals surface area contributed by atoms with Crippen LogP contribution in [0.15, 0.2) is 41.1 Å². The van der Waals surface area contributed by atoms with E-state index < -0.39 is 5.95 Å². The van der Waals surface area contributed by atoms with Crippen molar-refractivity contribution in [3.63, 3.8) is 0 Å². The number of pyridine rings is 2. The molecule has 84 valence electrons. The number of H-pyrrole nitrogens is 1. The molecule has 0 fully saturated rings. The molecule has 1 N–H and O–H groups in total. The molecule has 0 bridgehead atoms. The third-order valence-corrected chi connectivity index (χ3v) is 3.09. The molecule has 0 saturated heterocycles. The van der Waals surface area contributed by atoms with Gasteiger partial charge in [-0.15, -0.1) is 0 Å². The van der Waals surface area contributed by atoms with Crippen LogP contribution in [0, 0.1) is 5.95 Å². The Labute approximate surface area is 105 Å². The number of nitrogens with zero attached hydrogens (tertiary/aromatic N) is 2. The maximum absolute atomic E-state index is 13.3. The molecule has 0 atom stereocenters. The van der Waals surface area contributed by atoms with Crippen LogP contribution in [0.4, 0.5) is 4.39 Å². The van der Waals surface area contributed by atoms with Crippen molar-refractivity contribution in [3.8, 4) is 11.4 Å². The van der Waals surface area contributed by atoms with Crippen molar-refractivity contribution >= 4 is 26.8 Å². The predicted octanol–water partition coefficient (Wildman–Crippen LogP) is 3.53. The van der Waals surface area contributed by atoms with Gasteiger partial charge in [-0.05, 0) is 40.2 Å². The van der Waals surface area contributed by atoms with Crippen LogP contribution in [-0.2, 0) is 0 Å². The van der Waals surface area contributed by atoms with E-state index in [2.05, 4.69) is 30.9 Å². The van der Waals surface area contributed by atoms with Crippen LogP contribution in [0.25, 0.3) is 22.3 Å². The molecule has 0 unspecified atom stereocenters. The Morgan fingerprint density at radius 1 is 1.24 bits per heavy atom. The number of halogens is 2. The average Bonchev–Trinajstić information content (AvgIpc) is 2.76. The van der Waals surface area contributed by atoms with Gasteiger partial charge in [0.15, 0.2) is 0 Å². The Morgan fingerprint density at radius 3 is 2.88 bits per heavy atom. The first-order chi connectivity index (χ1) is 8.24. The molecule has 0 spiro atoms. The van der Waals surface area contributed by atoms with Gasteiger partial charge in [-0.1, -0.05) is 0 Å². The van der Waals surface area contributed by atoms with E-state index in [1.807, 2.05) is 12.1 Å². The monoisotopic (exact) mass is 291 g/mol. The van der Waals surface area contributed by atoms with E-state index in [9.17, 15) is 4.39 Å². The van der Waals surface area contributed by atoms with Crippen molar-refractivity contribution in [1.29, 1.82) is 0 Å². The number of rotatable bonds is 1. The van der Waals surface area contributed by atoms with Gasteiger partial charge in [-0.25, -0.2) is 4.98 Å². The molecule has 0 aliphatic rings. The number of fused-ring (bicyclic) bond motifs is 1. The van der Waals surface area contributed by atoms with Crippen LogP contribution in [0.1, 0.15) is 0 Å². The summed E-state index contributed by atoms with van der Waals surface area (Å²) in [6.07, 6.45) is 3.45. The summed E-state index contributed by atoms with van der Waals surface area (Å²) < 4.78 is 13.7. The first kappa shape index (κ1) is 10.4. The molecule has 0 radical (unpaired) electrons. The smallest absolute Gasteiger partial charge is 0.227 e. The lowest BCUT2D eigenvalue weighted by atomic mass is 10.2. The molecule has 0 aliphatic heterocycles. The molecule has 3 rings (SSSR count). The van der Waals surface area contributed by atoms with Gasteiger partial charge in [0.2, 0.25) is 5.95 Å². The lowest BCUT2D eigenvalue weighted by molar-refractivity contribution is 0.578. The second-order valence-corrected chi connectivity index (χ2v) is 4.47. The zero-order chi connectivity index (χ0) is 11.8. The van der Waals surface area contributed by atoms with Gasteiger partial charge in [-0.2, -0.15) is 4.39 Å². The first-order valence-corrected chi connectivity index (χ1v) is 5.78. The molecule has 3 aromatic heterocycles. The molecule has 3 nitrogen and oxygen atoms in total. The average molecular weight is 292 g/mol. The van der Waals surface area contributed by atoms with E-state index in [0.29, 0.717) is 10.2 Å². The van der Waals surface area contributed by atoms with E-state index in [1.54, 1.807) is 24.5 Å². The zero-order valence-corrected chi connectivity index (χ0v) is 10.2. The van der Waals surface area contributed by atoms with Crippen LogP contribution < -0.4 is 0 Å². The highest BCUT2D eigenvalue weighted by Crippen LogP contribution is 2.24. The maximum Gasteiger partial charge on any atom is 0.227 e. The van der Waals surface area contributed by atoms with E-state index in [0.717, 1.165) is 16.6 Å². The molecule has 5 heteroatoms. The largest absolute Gasteiger partial charge is 0.352 e. The minimum atomic E-state index is -0.515. The Kier molecular flexibility index (Phi) is 2.40. The van der Waals surface area contributed by atoms with Crippen LogP contribution in [0.5, 0.6) is 0 Å². The maximum atomic E-state index is 13.3. The summed E-state index contributed by atoms with van der Waals surface area (Å²) in [5.74, 6) is -0.515. The summed E-state index contributed by atoms with van der Waals surface area (Å²) in [6, 6.07) is 7.21. The lowest BCUT2D eigenvalue weighted by Gasteiger charge is -1.98. The molecular weight excluding hydrogens is 285 g/mol. The minimum absolute atomic E-state index is 0.360. The normalized spacial score (nSPS) is 10.9. The molecule has 0 saturated carbocycles. The van der Waals surface area contributed by atoms with Crippen LogP contribution in [-0.4, -0.2) is 15.0 Å². The molecule has 0 aromatic carbocycles. The number of aromatic nitrogens is 3. The van der Waals surface area contributed by atoms with Crippen LogP contribution in [0.2, 0.25) is 0 Å². The Balaban J connectivity index is 2.17. The number of hydrogen-bond acceptors (Lipinski definition) is 2. The fourth-order valence-corrected chi connectivity index (χ4v) is 1.90. The van der Waals surface area contributed by atoms with E-state index in [4.69, 9.17) is 0 Å². The third kappa shape index (κ3) is 1.82. The van der Waals surface area contributed by atoms with Crippen molar-refractivity contribution in [2.45, 2.75) is 0 Å². The number of hydrogen-bond donors (Lipinski definition) is 1. The molecule has 0 aliphatic carbocycles. The fourth-order valence-electron chi connectivity index (χ4n) is 1.68. The van der Waals surface area contributed by atoms with Gasteiger partial charge < -0.3 is 4.98 Å². The fraction of sp³-hybridized carbons (Fsp3) is 0. The van der Waals surface area contributed by atoms with Crippen molar-refractivity contribution in [2.24, 2.45) is 0 Å². The molecule has 3 aromatic rings. The van der Waals surface area contributed by atoms with Crippen LogP contribution >= 0.6 is 15.9 Å². The van der Waals surface area contributed by atoms with Crippen LogP contribution in [0.3, 0.4) is 0 Å². The highest BCUT2D eigenvalue weighted by Gasteiger charge is 2.07. The zero-order valence-electron chi connectivity index (χ0n) is 8.61. The summed E-state index contributed by atoms with van der Waals surface area (Å²) in [7, 11) is 0. The van der Waals surface area contributed by atoms with Crippen molar-refractivity contribution in [3.05, 3.63) is 47.1 Å². The first-order valence-electron chi connectivity index (χ1n) is 4.99. The molecule has 3 heterocycles. The quantitative estimate of drug-likeness (QED) is 0.697. The summed E-state index contributed by atoms with van der Waals surface area (Å²) in [6.45, 7) is 0. The van der Waals surface area contributed by atoms with E-state index >= 15 is 0 Å². The number of nitrogens with one attached hydrogen (secondary N) is 1. The SMILES string of the molecule is Fc1nc(-c2cc3ccncc3[nH]2)ccc1Br. The highest BCUT2D eigenvalue weighted by atomic mass is 79.9. The summed E-state index contributed by atoms with van der Waals surface area (Å²) in [5.41, 5.74) is 2.26. The van der Waals surface area contributed by atoms with Gasteiger partial charge in [0.05, 0.1) is 27.6 Å². The third-order valence-electron chi connectivity index (χ3n) is 2.50. The van der Waals surface area contributed by atoms with E-state index in [-0.39, 0.29) is 0 Å². The molecule has 17 heavy (non-hydrogen) atoms. The summed E-state index contributed by atoms with van der Waals surface area (Å²) >= 11 is 3.08. The van der Waals surface area contributed by atoms with Crippen molar-refractivity contribution < 1.29 is 4.39 Å². The van der Waals surface area contributed by atoms with E-state index in [1.165, 1.54) is 0 Å². The van der Waals surface area contributed by atoms with Gasteiger partial charge >= 0.3 is 0 Å². The van der Waals surface area contributed by atoms with Crippen molar-refractivity contribution in [1.82, 2.24) is 15.0 Å². The van der Waals surface area contributed by atoms with Gasteiger partial charge in [0, 0.05) is 11.6 Å². The highest BCUT2D eigenvalue weighted by molar-refractivity contribution is 9.10. The second kappa shape index (κ2) is 3.92. The van der Waals surface area contributed by atoms with Gasteiger partial charge in [0.25, 0.3) is 0 Å². The second-order valence-electron chi connectivity index (χ2n) is 3.62. The minimum Gasteiger partial charge on any atom is -0.352 e. The number of aromatic amines is 1. The lowest BCUT2D eigenvalue weighted by Crippen LogP contribution is -1.88. The Hall–Kier alpha value is -1.75. The standard InChI is InChI=1S/C12H7BrFN3/c13-8-1-2-9(17-12(8)14)10-5-7-3-4-15-6-11(7)16-10/h1-6,16H. The Bertz CT molecular complexity index is 660. The predicted molar refractivity (Wildman–Crippen MR) is 67.0 cm³/mol. The van der Waals surface area contributed by atoms with Gasteiger partial charge in [0.1, 0.15) is 0 Å². The summed E-state index contributed by atoms with van der Waals surface area (Å²) in [4.78, 5) is 11.0. The topological polar surface area (TPSA) is 41.6 Å². The molecular formula is C12H7BrFN3.